The van der Waals surface area contributed by atoms with Gasteiger partial charge in [0.25, 0.3) is 0 Å². The van der Waals surface area contributed by atoms with Gasteiger partial charge in [0.1, 0.15) is 42.0 Å². The van der Waals surface area contributed by atoms with Crippen molar-refractivity contribution in [1.82, 2.24) is 0 Å². The molecule has 6 aromatic rings. The first kappa shape index (κ1) is 38.3. The van der Waals surface area contributed by atoms with Crippen molar-refractivity contribution in [2.24, 2.45) is 0 Å². The summed E-state index contributed by atoms with van der Waals surface area (Å²) in [5.41, 5.74) is 5.21. The molecule has 6 aromatic carbocycles. The molecule has 0 radical (unpaired) electrons. The number of rotatable bonds is 15. The Balaban J connectivity index is 1.00. The van der Waals surface area contributed by atoms with Crippen molar-refractivity contribution in [3.8, 4) is 34.5 Å². The van der Waals surface area contributed by atoms with Crippen LogP contribution in [0.3, 0.4) is 0 Å². The van der Waals surface area contributed by atoms with Crippen LogP contribution in [0.1, 0.15) is 67.9 Å². The Kier molecular flexibility index (Phi) is 11.9. The lowest BCUT2D eigenvalue weighted by Gasteiger charge is -2.26. The zero-order valence-corrected chi connectivity index (χ0v) is 30.8. The number of carboxylic acid groups (broad SMARTS) is 1. The first-order chi connectivity index (χ1) is 26.5. The van der Waals surface area contributed by atoms with Crippen LogP contribution in [-0.2, 0) is 28.4 Å². The number of hydrogen-bond acceptors (Lipinski definition) is 9. The van der Waals surface area contributed by atoms with Crippen LogP contribution in [-0.4, -0.2) is 22.3 Å². The number of aryl methyl sites for hydroxylation is 2. The number of carboxylic acids is 1. The second-order valence-electron chi connectivity index (χ2n) is 13.5. The predicted molar refractivity (Wildman–Crippen MR) is 205 cm³/mol. The van der Waals surface area contributed by atoms with Crippen molar-refractivity contribution in [1.29, 1.82) is 0 Å². The molecule has 0 saturated carbocycles. The van der Waals surface area contributed by atoms with Gasteiger partial charge in [0.2, 0.25) is 0 Å². The minimum atomic E-state index is -1.20. The average Bonchev–Trinajstić information content (AvgIpc) is 3.17. The Bertz CT molecular complexity index is 2240. The van der Waals surface area contributed by atoms with Gasteiger partial charge in [-0.2, -0.15) is 4.89 Å². The summed E-state index contributed by atoms with van der Waals surface area (Å²) in [6, 6.07) is 39.7. The smallest absolute Gasteiger partial charge is 0.344 e. The van der Waals surface area contributed by atoms with Crippen molar-refractivity contribution in [3.63, 3.8) is 0 Å². The molecule has 0 aromatic heterocycles. The highest BCUT2D eigenvalue weighted by Crippen LogP contribution is 2.35. The molecule has 280 valence electrons. The Morgan fingerprint density at radius 1 is 0.545 bits per heavy atom. The lowest BCUT2D eigenvalue weighted by atomic mass is 9.78. The number of aromatic carboxylic acids is 1. The SMILES string of the molecule is Cc1ccc(COO)c(COOc2ccc(Oc3ccc(C(C)(C)c4ccc(Oc5ccc(OC(=O)c6cc(C)ccc6C(=O)O)cc5)cc4)cc3)cc2)c1. The van der Waals surface area contributed by atoms with Crippen LogP contribution in [0, 0.1) is 13.8 Å². The van der Waals surface area contributed by atoms with Crippen LogP contribution < -0.4 is 19.1 Å². The van der Waals surface area contributed by atoms with Gasteiger partial charge < -0.3 is 24.2 Å². The molecular weight excluding hydrogens is 700 g/mol. The molecule has 0 amide bonds. The van der Waals surface area contributed by atoms with E-state index in [4.69, 9.17) is 29.2 Å². The van der Waals surface area contributed by atoms with Gasteiger partial charge in [0, 0.05) is 5.41 Å². The molecule has 0 fully saturated rings. The van der Waals surface area contributed by atoms with E-state index in [2.05, 4.69) is 18.7 Å². The monoisotopic (exact) mass is 740 g/mol. The standard InChI is InChI=1S/C45H40O10/c1-29-5-7-31(27-50-49)32(25-29)28-51-55-40-22-20-38(21-23-40)53-36-14-10-34(11-15-36)45(3,4)33-8-12-35(13-9-33)52-37-16-18-39(19-17-37)54-44(48)42-26-30(2)6-24-41(42)43(46)47/h5-26,49H,27-28H2,1-4H3,(H,46,47). The number of carbonyl (C=O) groups excluding carboxylic acids is 1. The second kappa shape index (κ2) is 17.1. The van der Waals surface area contributed by atoms with E-state index in [0.717, 1.165) is 33.4 Å². The number of esters is 1. The maximum absolute atomic E-state index is 12.7. The summed E-state index contributed by atoms with van der Waals surface area (Å²) >= 11 is 0. The summed E-state index contributed by atoms with van der Waals surface area (Å²) in [6.07, 6.45) is 0. The third kappa shape index (κ3) is 9.75. The largest absolute Gasteiger partial charge is 0.478 e. The third-order valence-electron chi connectivity index (χ3n) is 9.06. The number of carbonyl (C=O) groups is 2. The van der Waals surface area contributed by atoms with Crippen LogP contribution in [0.2, 0.25) is 0 Å². The maximum Gasteiger partial charge on any atom is 0.344 e. The molecule has 0 saturated heterocycles. The first-order valence-corrected chi connectivity index (χ1v) is 17.5. The highest BCUT2D eigenvalue weighted by molar-refractivity contribution is 6.03. The zero-order chi connectivity index (χ0) is 39.0. The van der Waals surface area contributed by atoms with Gasteiger partial charge in [-0.15, -0.1) is 0 Å². The highest BCUT2D eigenvalue weighted by Gasteiger charge is 2.23. The van der Waals surface area contributed by atoms with Crippen LogP contribution in [0.15, 0.2) is 133 Å². The minimum absolute atomic E-state index is 0.0120. The molecule has 10 heteroatoms. The average molecular weight is 741 g/mol. The summed E-state index contributed by atoms with van der Waals surface area (Å²) in [5, 5.41) is 18.3. The summed E-state index contributed by atoms with van der Waals surface area (Å²) in [7, 11) is 0. The Morgan fingerprint density at radius 2 is 1.02 bits per heavy atom. The van der Waals surface area contributed by atoms with E-state index < -0.39 is 11.9 Å². The van der Waals surface area contributed by atoms with E-state index in [-0.39, 0.29) is 35.5 Å². The van der Waals surface area contributed by atoms with E-state index in [0.29, 0.717) is 28.7 Å². The van der Waals surface area contributed by atoms with Gasteiger partial charge in [0.15, 0.2) is 5.75 Å². The van der Waals surface area contributed by atoms with Crippen LogP contribution in [0.4, 0.5) is 0 Å². The van der Waals surface area contributed by atoms with Crippen molar-refractivity contribution < 1.29 is 48.8 Å². The fraction of sp³-hybridized carbons (Fsp3) is 0.156. The Labute approximate surface area is 318 Å². The van der Waals surface area contributed by atoms with Crippen LogP contribution in [0.5, 0.6) is 34.5 Å². The van der Waals surface area contributed by atoms with Gasteiger partial charge in [-0.05, 0) is 121 Å². The molecule has 2 N–H and O–H groups in total. The van der Waals surface area contributed by atoms with Gasteiger partial charge >= 0.3 is 11.9 Å². The highest BCUT2D eigenvalue weighted by atomic mass is 17.2. The minimum Gasteiger partial charge on any atom is -0.478 e. The lowest BCUT2D eigenvalue weighted by molar-refractivity contribution is -0.253. The number of ether oxygens (including phenoxy) is 3. The molecule has 0 aliphatic heterocycles. The normalized spacial score (nSPS) is 11.1. The quantitative estimate of drug-likeness (QED) is 0.0454. The van der Waals surface area contributed by atoms with Gasteiger partial charge in [-0.1, -0.05) is 73.5 Å². The first-order valence-electron chi connectivity index (χ1n) is 17.5. The summed E-state index contributed by atoms with van der Waals surface area (Å²) < 4.78 is 17.6. The Hall–Kier alpha value is -6.46. The number of hydrogen-bond donors (Lipinski definition) is 2. The molecule has 55 heavy (non-hydrogen) atoms. The van der Waals surface area contributed by atoms with Gasteiger partial charge in [-0.3, -0.25) is 5.26 Å². The Morgan fingerprint density at radius 3 is 1.55 bits per heavy atom. The molecule has 0 unspecified atom stereocenters. The molecule has 6 rings (SSSR count). The number of benzene rings is 6. The molecule has 10 nitrogen and oxygen atoms in total. The molecule has 0 heterocycles. The van der Waals surface area contributed by atoms with E-state index in [9.17, 15) is 14.7 Å². The van der Waals surface area contributed by atoms with E-state index in [1.807, 2.05) is 73.7 Å². The molecular formula is C45H40O10. The third-order valence-corrected chi connectivity index (χ3v) is 9.06. The fourth-order valence-corrected chi connectivity index (χ4v) is 5.89. The van der Waals surface area contributed by atoms with Crippen molar-refractivity contribution >= 4 is 11.9 Å². The maximum atomic E-state index is 12.7. The molecule has 0 aliphatic rings. The predicted octanol–water partition coefficient (Wildman–Crippen LogP) is 10.6. The molecule has 0 bridgehead atoms. The van der Waals surface area contributed by atoms with Crippen molar-refractivity contribution in [2.75, 3.05) is 0 Å². The van der Waals surface area contributed by atoms with Crippen molar-refractivity contribution in [3.05, 3.63) is 178 Å². The zero-order valence-electron chi connectivity index (χ0n) is 30.8. The summed E-state index contributed by atoms with van der Waals surface area (Å²) in [6.45, 7) is 8.29. The fourth-order valence-electron chi connectivity index (χ4n) is 5.89. The van der Waals surface area contributed by atoms with Crippen LogP contribution in [0.25, 0.3) is 0 Å². The molecule has 0 aliphatic carbocycles. The summed E-state index contributed by atoms with van der Waals surface area (Å²) in [4.78, 5) is 39.5. The molecule has 0 spiro atoms. The van der Waals surface area contributed by atoms with Crippen LogP contribution >= 0.6 is 0 Å². The lowest BCUT2D eigenvalue weighted by Crippen LogP contribution is -2.18. The topological polar surface area (TPSA) is 130 Å². The van der Waals surface area contributed by atoms with E-state index in [1.54, 1.807) is 61.5 Å². The molecule has 0 atom stereocenters. The van der Waals surface area contributed by atoms with E-state index in [1.165, 1.54) is 12.1 Å². The van der Waals surface area contributed by atoms with Crippen molar-refractivity contribution in [2.45, 2.75) is 46.3 Å². The van der Waals surface area contributed by atoms with E-state index >= 15 is 0 Å². The second-order valence-corrected chi connectivity index (χ2v) is 13.5. The summed E-state index contributed by atoms with van der Waals surface area (Å²) in [5.74, 6) is 1.33. The van der Waals surface area contributed by atoms with Gasteiger partial charge in [-0.25, -0.2) is 14.5 Å². The van der Waals surface area contributed by atoms with Gasteiger partial charge in [0.05, 0.1) is 11.1 Å².